The van der Waals surface area contributed by atoms with Crippen LogP contribution in [-0.4, -0.2) is 44.1 Å². The highest BCUT2D eigenvalue weighted by molar-refractivity contribution is 9.10. The molecule has 1 aliphatic rings. The topological polar surface area (TPSA) is 69.6 Å². The molecule has 1 fully saturated rings. The van der Waals surface area contributed by atoms with Gasteiger partial charge >= 0.3 is 0 Å². The maximum absolute atomic E-state index is 12.3. The molecule has 1 saturated carbocycles. The number of aliphatic hydroxyl groups is 1. The Morgan fingerprint density at radius 3 is 2.67 bits per heavy atom. The van der Waals surface area contributed by atoms with Crippen LogP contribution in [0.25, 0.3) is 0 Å². The molecule has 0 aliphatic heterocycles. The van der Waals surface area contributed by atoms with Crippen LogP contribution in [-0.2, 0) is 16.6 Å². The van der Waals surface area contributed by atoms with Crippen molar-refractivity contribution in [2.75, 3.05) is 13.6 Å². The summed E-state index contributed by atoms with van der Waals surface area (Å²) in [6.07, 6.45) is 2.39. The summed E-state index contributed by atoms with van der Waals surface area (Å²) in [5.74, 6) is 0. The van der Waals surface area contributed by atoms with Gasteiger partial charge in [-0.05, 0) is 60.4 Å². The molecule has 0 aromatic heterocycles. The van der Waals surface area contributed by atoms with Crippen molar-refractivity contribution >= 4 is 26.0 Å². The number of likely N-dealkylation sites (N-methyl/N-ethyl adjacent to an activating group) is 1. The van der Waals surface area contributed by atoms with Gasteiger partial charge in [0, 0.05) is 23.1 Å². The van der Waals surface area contributed by atoms with E-state index < -0.39 is 10.0 Å². The third kappa shape index (κ3) is 4.26. The lowest BCUT2D eigenvalue weighted by Gasteiger charge is -2.24. The van der Waals surface area contributed by atoms with E-state index in [0.29, 0.717) is 22.6 Å². The Bertz CT molecular complexity index is 602. The average Bonchev–Trinajstić information content (AvgIpc) is 3.28. The lowest BCUT2D eigenvalue weighted by Crippen LogP contribution is -2.41. The zero-order valence-electron chi connectivity index (χ0n) is 12.2. The molecule has 5 nitrogen and oxygen atoms in total. The van der Waals surface area contributed by atoms with Crippen molar-refractivity contribution in [2.45, 2.75) is 43.4 Å². The van der Waals surface area contributed by atoms with Gasteiger partial charge in [-0.15, -0.1) is 0 Å². The standard InChI is InChI=1S/C14H21BrN2O3S/c1-10(17(2)12-4-5-12)8-16-21(19,20)14-6-3-11(9-18)7-13(14)15/h3,6-7,10,12,16,18H,4-5,8-9H2,1-2H3. The van der Waals surface area contributed by atoms with Gasteiger partial charge in [0.05, 0.1) is 11.5 Å². The van der Waals surface area contributed by atoms with E-state index in [1.807, 2.05) is 14.0 Å². The number of hydrogen-bond donors (Lipinski definition) is 2. The number of sulfonamides is 1. The number of nitrogens with zero attached hydrogens (tertiary/aromatic N) is 1. The minimum absolute atomic E-state index is 0.116. The Morgan fingerprint density at radius 1 is 1.48 bits per heavy atom. The first-order chi connectivity index (χ1) is 9.85. The summed E-state index contributed by atoms with van der Waals surface area (Å²) in [6, 6.07) is 5.49. The highest BCUT2D eigenvalue weighted by Crippen LogP contribution is 2.27. The fourth-order valence-corrected chi connectivity index (χ4v) is 4.40. The Labute approximate surface area is 134 Å². The van der Waals surface area contributed by atoms with Gasteiger partial charge in [0.25, 0.3) is 0 Å². The van der Waals surface area contributed by atoms with Gasteiger partial charge in [0.1, 0.15) is 0 Å². The molecule has 0 saturated heterocycles. The number of nitrogens with one attached hydrogen (secondary N) is 1. The quantitative estimate of drug-likeness (QED) is 0.759. The van der Waals surface area contributed by atoms with E-state index in [4.69, 9.17) is 5.11 Å². The molecule has 0 heterocycles. The summed E-state index contributed by atoms with van der Waals surface area (Å²) in [5, 5.41) is 9.06. The largest absolute Gasteiger partial charge is 0.392 e. The van der Waals surface area contributed by atoms with Gasteiger partial charge in [-0.2, -0.15) is 0 Å². The second kappa shape index (κ2) is 6.75. The monoisotopic (exact) mass is 376 g/mol. The molecule has 0 radical (unpaired) electrons. The molecule has 1 atom stereocenters. The number of rotatable bonds is 7. The van der Waals surface area contributed by atoms with Crippen molar-refractivity contribution in [1.29, 1.82) is 0 Å². The number of aliphatic hydroxyl groups excluding tert-OH is 1. The summed E-state index contributed by atoms with van der Waals surface area (Å²) >= 11 is 3.25. The van der Waals surface area contributed by atoms with E-state index in [2.05, 4.69) is 25.6 Å². The van der Waals surface area contributed by atoms with Crippen LogP contribution in [0.15, 0.2) is 27.6 Å². The second-order valence-electron chi connectivity index (χ2n) is 5.52. The fourth-order valence-electron chi connectivity index (χ4n) is 2.15. The van der Waals surface area contributed by atoms with Crippen molar-refractivity contribution in [3.63, 3.8) is 0 Å². The minimum Gasteiger partial charge on any atom is -0.392 e. The van der Waals surface area contributed by atoms with Crippen molar-refractivity contribution in [3.05, 3.63) is 28.2 Å². The van der Waals surface area contributed by atoms with Crippen molar-refractivity contribution in [2.24, 2.45) is 0 Å². The highest BCUT2D eigenvalue weighted by Gasteiger charge is 2.29. The molecule has 1 aliphatic carbocycles. The lowest BCUT2D eigenvalue weighted by atomic mass is 10.2. The number of hydrogen-bond acceptors (Lipinski definition) is 4. The third-order valence-electron chi connectivity index (χ3n) is 3.86. The van der Waals surface area contributed by atoms with Gasteiger partial charge in [-0.3, -0.25) is 4.90 Å². The van der Waals surface area contributed by atoms with E-state index in [-0.39, 0.29) is 17.5 Å². The van der Waals surface area contributed by atoms with Gasteiger partial charge in [0.15, 0.2) is 0 Å². The van der Waals surface area contributed by atoms with E-state index >= 15 is 0 Å². The van der Waals surface area contributed by atoms with Gasteiger partial charge in [-0.1, -0.05) is 6.07 Å². The molecule has 2 rings (SSSR count). The number of benzene rings is 1. The smallest absolute Gasteiger partial charge is 0.241 e. The first-order valence-electron chi connectivity index (χ1n) is 6.96. The van der Waals surface area contributed by atoms with Crippen LogP contribution in [0.2, 0.25) is 0 Å². The van der Waals surface area contributed by atoms with Crippen LogP contribution in [0.1, 0.15) is 25.3 Å². The van der Waals surface area contributed by atoms with Crippen molar-refractivity contribution in [1.82, 2.24) is 9.62 Å². The predicted octanol–water partition coefficient (Wildman–Crippen LogP) is 1.70. The molecule has 0 amide bonds. The fraction of sp³-hybridized carbons (Fsp3) is 0.571. The molecule has 0 bridgehead atoms. The summed E-state index contributed by atoms with van der Waals surface area (Å²) in [5.41, 5.74) is 0.669. The van der Waals surface area contributed by atoms with Crippen LogP contribution in [0.5, 0.6) is 0 Å². The molecular formula is C14H21BrN2O3S. The van der Waals surface area contributed by atoms with E-state index in [1.165, 1.54) is 18.9 Å². The molecule has 1 unspecified atom stereocenters. The lowest BCUT2D eigenvalue weighted by molar-refractivity contribution is 0.248. The van der Waals surface area contributed by atoms with Crippen LogP contribution >= 0.6 is 15.9 Å². The molecule has 2 N–H and O–H groups in total. The molecule has 21 heavy (non-hydrogen) atoms. The van der Waals surface area contributed by atoms with Gasteiger partial charge in [0.2, 0.25) is 10.0 Å². The maximum Gasteiger partial charge on any atom is 0.241 e. The third-order valence-corrected chi connectivity index (χ3v) is 6.26. The Balaban J connectivity index is 2.04. The average molecular weight is 377 g/mol. The van der Waals surface area contributed by atoms with Crippen LogP contribution < -0.4 is 4.72 Å². The minimum atomic E-state index is -3.55. The summed E-state index contributed by atoms with van der Waals surface area (Å²) in [6.45, 7) is 2.28. The van der Waals surface area contributed by atoms with E-state index in [1.54, 1.807) is 12.1 Å². The molecule has 1 aromatic rings. The zero-order valence-corrected chi connectivity index (χ0v) is 14.6. The Morgan fingerprint density at radius 2 is 2.14 bits per heavy atom. The molecule has 1 aromatic carbocycles. The molecule has 7 heteroatoms. The first kappa shape index (κ1) is 16.9. The van der Waals surface area contributed by atoms with Crippen LogP contribution in [0.3, 0.4) is 0 Å². The van der Waals surface area contributed by atoms with Crippen LogP contribution in [0, 0.1) is 0 Å². The van der Waals surface area contributed by atoms with Crippen LogP contribution in [0.4, 0.5) is 0 Å². The van der Waals surface area contributed by atoms with Crippen molar-refractivity contribution in [3.8, 4) is 0 Å². The number of halogens is 1. The first-order valence-corrected chi connectivity index (χ1v) is 9.23. The maximum atomic E-state index is 12.3. The highest BCUT2D eigenvalue weighted by atomic mass is 79.9. The normalized spacial score (nSPS) is 17.2. The predicted molar refractivity (Wildman–Crippen MR) is 85.5 cm³/mol. The summed E-state index contributed by atoms with van der Waals surface area (Å²) < 4.78 is 27.8. The molecule has 118 valence electrons. The summed E-state index contributed by atoms with van der Waals surface area (Å²) in [7, 11) is -1.52. The van der Waals surface area contributed by atoms with E-state index in [9.17, 15) is 8.42 Å². The van der Waals surface area contributed by atoms with E-state index in [0.717, 1.165) is 0 Å². The SMILES string of the molecule is CC(CNS(=O)(=O)c1ccc(CO)cc1Br)N(C)C1CC1. The molecule has 0 spiro atoms. The Hall–Kier alpha value is -0.470. The summed E-state index contributed by atoms with van der Waals surface area (Å²) in [4.78, 5) is 2.41. The van der Waals surface area contributed by atoms with Crippen molar-refractivity contribution < 1.29 is 13.5 Å². The second-order valence-corrected chi connectivity index (χ2v) is 8.11. The van der Waals surface area contributed by atoms with Gasteiger partial charge < -0.3 is 5.11 Å². The van der Waals surface area contributed by atoms with Gasteiger partial charge in [-0.25, -0.2) is 13.1 Å². The Kier molecular flexibility index (Phi) is 5.43. The molecular weight excluding hydrogens is 356 g/mol. The zero-order chi connectivity index (χ0) is 15.6.